The predicted molar refractivity (Wildman–Crippen MR) is 99.4 cm³/mol. The highest BCUT2D eigenvalue weighted by Crippen LogP contribution is 2.09. The van der Waals surface area contributed by atoms with E-state index in [9.17, 15) is 4.79 Å². The lowest BCUT2D eigenvalue weighted by Crippen LogP contribution is -2.28. The second kappa shape index (κ2) is 6.97. The van der Waals surface area contributed by atoms with Crippen LogP contribution >= 0.6 is 0 Å². The molecule has 0 aliphatic carbocycles. The summed E-state index contributed by atoms with van der Waals surface area (Å²) in [7, 11) is 2.03. The van der Waals surface area contributed by atoms with Crippen molar-refractivity contribution in [2.75, 3.05) is 13.6 Å². The average molecular weight is 348 g/mol. The molecular weight excluding hydrogens is 328 g/mol. The van der Waals surface area contributed by atoms with Gasteiger partial charge in [-0.3, -0.25) is 4.40 Å². The maximum atomic E-state index is 12.3. The van der Waals surface area contributed by atoms with Gasteiger partial charge in [-0.15, -0.1) is 5.10 Å². The van der Waals surface area contributed by atoms with Crippen LogP contribution in [-0.4, -0.2) is 42.5 Å². The molecule has 0 unspecified atom stereocenters. The van der Waals surface area contributed by atoms with Crippen LogP contribution in [0.5, 0.6) is 0 Å². The zero-order chi connectivity index (χ0) is 17.9. The summed E-state index contributed by atoms with van der Waals surface area (Å²) < 4.78 is 4.94. The number of aromatic nitrogens is 5. The first kappa shape index (κ1) is 16.3. The van der Waals surface area contributed by atoms with Gasteiger partial charge in [0.15, 0.2) is 5.65 Å². The van der Waals surface area contributed by atoms with Crippen LogP contribution in [0.2, 0.25) is 0 Å². The molecule has 132 valence electrons. The zero-order valence-corrected chi connectivity index (χ0v) is 14.6. The summed E-state index contributed by atoms with van der Waals surface area (Å²) in [4.78, 5) is 14.4. The van der Waals surface area contributed by atoms with Gasteiger partial charge in [0, 0.05) is 31.0 Å². The summed E-state index contributed by atoms with van der Waals surface area (Å²) in [5.41, 5.74) is 2.73. The number of pyridine rings is 1. The van der Waals surface area contributed by atoms with Crippen LogP contribution in [-0.2, 0) is 13.1 Å². The van der Waals surface area contributed by atoms with E-state index in [2.05, 4.69) is 15.1 Å². The van der Waals surface area contributed by atoms with E-state index < -0.39 is 0 Å². The summed E-state index contributed by atoms with van der Waals surface area (Å²) in [5.74, 6) is 0. The Morgan fingerprint density at radius 3 is 2.69 bits per heavy atom. The summed E-state index contributed by atoms with van der Waals surface area (Å²) >= 11 is 0. The maximum Gasteiger partial charge on any atom is 0.350 e. The van der Waals surface area contributed by atoms with Gasteiger partial charge < -0.3 is 4.90 Å². The Morgan fingerprint density at radius 2 is 1.88 bits per heavy atom. The third kappa shape index (κ3) is 3.29. The second-order valence-electron chi connectivity index (χ2n) is 6.30. The van der Waals surface area contributed by atoms with Gasteiger partial charge in [-0.05, 0) is 31.3 Å². The SMILES string of the molecule is CN(CCn1nc2ccccn2c1=O)Cc1cnn(-c2ccccc2)c1. The number of nitrogens with zero attached hydrogens (tertiary/aromatic N) is 6. The third-order valence-corrected chi connectivity index (χ3v) is 4.29. The third-order valence-electron chi connectivity index (χ3n) is 4.29. The largest absolute Gasteiger partial charge is 0.350 e. The molecule has 0 N–H and O–H groups in total. The molecular formula is C19H20N6O. The van der Waals surface area contributed by atoms with E-state index in [1.54, 1.807) is 10.6 Å². The minimum atomic E-state index is -0.106. The van der Waals surface area contributed by atoms with E-state index in [0.717, 1.165) is 24.3 Å². The zero-order valence-electron chi connectivity index (χ0n) is 14.6. The molecule has 4 aromatic rings. The fourth-order valence-corrected chi connectivity index (χ4v) is 2.93. The molecule has 1 aromatic carbocycles. The summed E-state index contributed by atoms with van der Waals surface area (Å²) in [6.07, 6.45) is 5.65. The minimum absolute atomic E-state index is 0.106. The number of fused-ring (bicyclic) bond motifs is 1. The number of para-hydroxylation sites is 1. The smallest absolute Gasteiger partial charge is 0.300 e. The van der Waals surface area contributed by atoms with E-state index in [1.165, 1.54) is 4.68 Å². The molecule has 0 amide bonds. The van der Waals surface area contributed by atoms with E-state index in [0.29, 0.717) is 12.2 Å². The molecule has 7 nitrogen and oxygen atoms in total. The normalized spacial score (nSPS) is 11.5. The van der Waals surface area contributed by atoms with Crippen LogP contribution in [0.1, 0.15) is 5.56 Å². The Hall–Kier alpha value is -3.19. The van der Waals surface area contributed by atoms with Crippen LogP contribution < -0.4 is 5.69 Å². The Kier molecular flexibility index (Phi) is 4.37. The molecule has 26 heavy (non-hydrogen) atoms. The predicted octanol–water partition coefficient (Wildman–Crippen LogP) is 1.81. The van der Waals surface area contributed by atoms with Crippen molar-refractivity contribution in [3.63, 3.8) is 0 Å². The van der Waals surface area contributed by atoms with Gasteiger partial charge in [0.1, 0.15) is 0 Å². The van der Waals surface area contributed by atoms with Gasteiger partial charge in [0.2, 0.25) is 0 Å². The van der Waals surface area contributed by atoms with Gasteiger partial charge in [-0.2, -0.15) is 5.10 Å². The Morgan fingerprint density at radius 1 is 1.08 bits per heavy atom. The Bertz CT molecular complexity index is 1060. The molecule has 3 aromatic heterocycles. The van der Waals surface area contributed by atoms with Crippen LogP contribution in [0.3, 0.4) is 0 Å². The molecule has 0 bridgehead atoms. The van der Waals surface area contributed by atoms with E-state index >= 15 is 0 Å². The maximum absolute atomic E-state index is 12.3. The van der Waals surface area contributed by atoms with Crippen molar-refractivity contribution < 1.29 is 0 Å². The van der Waals surface area contributed by atoms with Gasteiger partial charge in [0.05, 0.1) is 18.4 Å². The monoisotopic (exact) mass is 348 g/mol. The molecule has 0 saturated carbocycles. The molecule has 7 heteroatoms. The van der Waals surface area contributed by atoms with Crippen LogP contribution in [0.25, 0.3) is 11.3 Å². The number of hydrogen-bond donors (Lipinski definition) is 0. The van der Waals surface area contributed by atoms with Crippen molar-refractivity contribution in [1.82, 2.24) is 28.9 Å². The lowest BCUT2D eigenvalue weighted by atomic mass is 10.3. The fraction of sp³-hybridized carbons (Fsp3) is 0.211. The highest BCUT2D eigenvalue weighted by molar-refractivity contribution is 5.35. The summed E-state index contributed by atoms with van der Waals surface area (Å²) in [6.45, 7) is 2.03. The Labute approximate surface area is 150 Å². The second-order valence-corrected chi connectivity index (χ2v) is 6.30. The molecule has 0 atom stereocenters. The number of rotatable bonds is 6. The molecule has 3 heterocycles. The molecule has 0 spiro atoms. The molecule has 0 saturated heterocycles. The van der Waals surface area contributed by atoms with Gasteiger partial charge in [0.25, 0.3) is 0 Å². The number of benzene rings is 1. The fourth-order valence-electron chi connectivity index (χ4n) is 2.93. The molecule has 0 aliphatic rings. The lowest BCUT2D eigenvalue weighted by Gasteiger charge is -2.14. The van der Waals surface area contributed by atoms with Crippen LogP contribution in [0, 0.1) is 0 Å². The van der Waals surface area contributed by atoms with Crippen LogP contribution in [0.4, 0.5) is 0 Å². The first-order chi connectivity index (χ1) is 12.7. The quantitative estimate of drug-likeness (QED) is 0.533. The average Bonchev–Trinajstić information content (AvgIpc) is 3.26. The summed E-state index contributed by atoms with van der Waals surface area (Å²) in [6, 6.07) is 15.6. The van der Waals surface area contributed by atoms with Crippen molar-refractivity contribution in [1.29, 1.82) is 0 Å². The van der Waals surface area contributed by atoms with Crippen LogP contribution in [0.15, 0.2) is 71.9 Å². The van der Waals surface area contributed by atoms with Gasteiger partial charge in [-0.1, -0.05) is 24.3 Å². The van der Waals surface area contributed by atoms with E-state index in [4.69, 9.17) is 0 Å². The summed E-state index contributed by atoms with van der Waals surface area (Å²) in [5, 5.41) is 8.78. The number of hydrogen-bond acceptors (Lipinski definition) is 4. The lowest BCUT2D eigenvalue weighted by molar-refractivity contribution is 0.303. The van der Waals surface area contributed by atoms with Crippen molar-refractivity contribution in [2.24, 2.45) is 0 Å². The van der Waals surface area contributed by atoms with Gasteiger partial charge in [-0.25, -0.2) is 14.2 Å². The van der Waals surface area contributed by atoms with E-state index in [-0.39, 0.29) is 5.69 Å². The van der Waals surface area contributed by atoms with Crippen molar-refractivity contribution in [2.45, 2.75) is 13.1 Å². The van der Waals surface area contributed by atoms with Gasteiger partial charge >= 0.3 is 5.69 Å². The first-order valence-electron chi connectivity index (χ1n) is 8.52. The van der Waals surface area contributed by atoms with Crippen molar-refractivity contribution in [3.05, 3.63) is 83.2 Å². The van der Waals surface area contributed by atoms with E-state index in [1.807, 2.05) is 72.7 Å². The first-order valence-corrected chi connectivity index (χ1v) is 8.52. The highest BCUT2D eigenvalue weighted by atomic mass is 16.2. The molecule has 4 rings (SSSR count). The molecule has 0 fully saturated rings. The van der Waals surface area contributed by atoms with Crippen molar-refractivity contribution in [3.8, 4) is 5.69 Å². The minimum Gasteiger partial charge on any atom is -0.300 e. The molecule has 0 aliphatic heterocycles. The standard InChI is InChI=1S/C19H20N6O/c1-22(11-12-24-19(26)23-10-6-5-9-18(23)21-24)14-16-13-20-25(15-16)17-7-3-2-4-8-17/h2-10,13,15H,11-12,14H2,1H3. The Balaban J connectivity index is 1.40. The highest BCUT2D eigenvalue weighted by Gasteiger charge is 2.08. The topological polar surface area (TPSA) is 60.4 Å². The molecule has 0 radical (unpaired) electrons. The van der Waals surface area contributed by atoms with Crippen molar-refractivity contribution >= 4 is 5.65 Å². The number of likely N-dealkylation sites (N-methyl/N-ethyl adjacent to an activating group) is 1.